The Hall–Kier alpha value is -2.19. The zero-order chi connectivity index (χ0) is 23.8. The van der Waals surface area contributed by atoms with Crippen LogP contribution in [-0.2, 0) is 24.1 Å². The third-order valence-electron chi connectivity index (χ3n) is 6.66. The number of hydrogen-bond donors (Lipinski definition) is 0. The average molecular weight is 562 g/mol. The third kappa shape index (κ3) is 4.67. The second kappa shape index (κ2) is 9.82. The number of benzene rings is 1. The van der Waals surface area contributed by atoms with Crippen LogP contribution in [0.5, 0.6) is 0 Å². The predicted molar refractivity (Wildman–Crippen MR) is 135 cm³/mol. The topological polar surface area (TPSA) is 63.4 Å². The summed E-state index contributed by atoms with van der Waals surface area (Å²) in [4.78, 5) is 22.0. The molecule has 1 atom stereocenters. The predicted octanol–water partition coefficient (Wildman–Crippen LogP) is 4.36. The number of amides is 1. The Labute approximate surface area is 216 Å². The fourth-order valence-electron chi connectivity index (χ4n) is 4.91. The number of hydrogen-bond acceptors (Lipinski definition) is 4. The molecule has 0 N–H and O–H groups in total. The number of fused-ring (bicyclic) bond motifs is 2. The first-order valence-electron chi connectivity index (χ1n) is 11.2. The number of carbonyl (C=O) groups is 1. The highest BCUT2D eigenvalue weighted by molar-refractivity contribution is 9.10. The number of rotatable bonds is 3. The molecule has 3 aromatic rings. The van der Waals surface area contributed by atoms with E-state index in [0.29, 0.717) is 29.6 Å². The van der Waals surface area contributed by atoms with Crippen LogP contribution in [0, 0.1) is 5.21 Å². The first kappa shape index (κ1) is 23.5. The van der Waals surface area contributed by atoms with E-state index in [4.69, 9.17) is 28.2 Å². The smallest absolute Gasteiger partial charge is 0.227 e. The van der Waals surface area contributed by atoms with Gasteiger partial charge in [-0.15, -0.1) is 0 Å². The molecule has 5 rings (SSSR count). The van der Waals surface area contributed by atoms with Gasteiger partial charge in [0.05, 0.1) is 28.2 Å². The van der Waals surface area contributed by atoms with Crippen molar-refractivity contribution in [1.29, 1.82) is 0 Å². The van der Waals surface area contributed by atoms with Crippen molar-refractivity contribution in [3.8, 4) is 0 Å². The van der Waals surface area contributed by atoms with Gasteiger partial charge in [-0.2, -0.15) is 4.73 Å². The minimum absolute atomic E-state index is 0.0470. The van der Waals surface area contributed by atoms with Crippen molar-refractivity contribution in [2.75, 3.05) is 26.2 Å². The molecule has 1 aliphatic heterocycles. The monoisotopic (exact) mass is 560 g/mol. The van der Waals surface area contributed by atoms with Gasteiger partial charge in [-0.25, -0.2) is 0 Å². The van der Waals surface area contributed by atoms with Crippen LogP contribution >= 0.6 is 39.1 Å². The van der Waals surface area contributed by atoms with E-state index in [1.807, 2.05) is 17.2 Å². The molecule has 3 heterocycles. The summed E-state index contributed by atoms with van der Waals surface area (Å²) in [6.45, 7) is 2.71. The van der Waals surface area contributed by atoms with E-state index in [1.165, 1.54) is 18.0 Å². The lowest BCUT2D eigenvalue weighted by molar-refractivity contribution is -0.605. The van der Waals surface area contributed by atoms with Gasteiger partial charge in [0.25, 0.3) is 0 Å². The molecule has 0 radical (unpaired) electrons. The zero-order valence-corrected chi connectivity index (χ0v) is 21.5. The van der Waals surface area contributed by atoms with Crippen LogP contribution in [0.3, 0.4) is 0 Å². The van der Waals surface area contributed by atoms with Gasteiger partial charge in [0.2, 0.25) is 5.91 Å². The van der Waals surface area contributed by atoms with Crippen LogP contribution < -0.4 is 4.73 Å². The van der Waals surface area contributed by atoms with Gasteiger partial charge >= 0.3 is 0 Å². The van der Waals surface area contributed by atoms with Gasteiger partial charge in [-0.05, 0) is 63.2 Å². The summed E-state index contributed by atoms with van der Waals surface area (Å²) in [6.07, 6.45) is 6.62. The summed E-state index contributed by atoms with van der Waals surface area (Å²) >= 11 is 16.6. The van der Waals surface area contributed by atoms with E-state index < -0.39 is 0 Å². The lowest BCUT2D eigenvalue weighted by Gasteiger charge is -2.40. The van der Waals surface area contributed by atoms with E-state index in [9.17, 15) is 10.0 Å². The molecular weight excluding hydrogens is 539 g/mol. The number of carbonyl (C=O) groups excluding carboxylic acids is 1. The zero-order valence-electron chi connectivity index (χ0n) is 18.4. The quantitative estimate of drug-likeness (QED) is 0.352. The van der Waals surface area contributed by atoms with Crippen molar-refractivity contribution >= 4 is 45.0 Å². The first-order chi connectivity index (χ1) is 16.4. The number of aromatic nitrogens is 2. The highest BCUT2D eigenvalue weighted by Crippen LogP contribution is 2.41. The molecule has 9 heteroatoms. The molecule has 2 aromatic heterocycles. The van der Waals surface area contributed by atoms with Crippen LogP contribution in [0.4, 0.5) is 0 Å². The van der Waals surface area contributed by atoms with Gasteiger partial charge in [0.1, 0.15) is 0 Å². The maximum absolute atomic E-state index is 12.9. The van der Waals surface area contributed by atoms with Crippen molar-refractivity contribution in [2.45, 2.75) is 25.3 Å². The van der Waals surface area contributed by atoms with Gasteiger partial charge < -0.3 is 10.1 Å². The second-order valence-electron chi connectivity index (χ2n) is 8.69. The van der Waals surface area contributed by atoms with Crippen LogP contribution in [0.2, 0.25) is 10.0 Å². The molecule has 176 valence electrons. The second-order valence-corrected chi connectivity index (χ2v) is 10.4. The number of pyridine rings is 2. The SMILES string of the molecule is O=C(Cc1cc[n+]([O-])cc1)N1CCN([C@H]2c3ccc(Cl)c(Cl)c3CCc3cc(Br)cnc32)CC1. The minimum atomic E-state index is -0.0470. The van der Waals surface area contributed by atoms with Crippen LogP contribution in [0.15, 0.2) is 53.4 Å². The fraction of sp³-hybridized carbons (Fsp3) is 0.320. The van der Waals surface area contributed by atoms with Crippen LogP contribution in [0.25, 0.3) is 0 Å². The minimum Gasteiger partial charge on any atom is -0.619 e. The maximum Gasteiger partial charge on any atom is 0.227 e. The Kier molecular flexibility index (Phi) is 6.80. The largest absolute Gasteiger partial charge is 0.619 e. The van der Waals surface area contributed by atoms with Crippen molar-refractivity contribution in [2.24, 2.45) is 0 Å². The van der Waals surface area contributed by atoms with Gasteiger partial charge in [-0.3, -0.25) is 14.7 Å². The highest BCUT2D eigenvalue weighted by Gasteiger charge is 2.34. The number of halogens is 3. The molecular formula is C25H23BrCl2N4O2. The average Bonchev–Trinajstić information content (AvgIpc) is 3.00. The highest BCUT2D eigenvalue weighted by atomic mass is 79.9. The molecule has 1 aliphatic carbocycles. The number of aryl methyl sites for hydroxylation is 1. The lowest BCUT2D eigenvalue weighted by Crippen LogP contribution is -2.50. The third-order valence-corrected chi connectivity index (χ3v) is 7.93. The van der Waals surface area contributed by atoms with Crippen molar-refractivity contribution in [3.05, 3.63) is 96.6 Å². The van der Waals surface area contributed by atoms with Gasteiger partial charge in [0, 0.05) is 49.0 Å². The molecule has 1 fully saturated rings. The van der Waals surface area contributed by atoms with Crippen molar-refractivity contribution < 1.29 is 9.52 Å². The number of piperazine rings is 1. The standard InChI is InChI=1S/C25H23BrCl2N4O2/c26-18-14-17-1-2-19-20(3-4-21(27)23(19)28)25(24(17)29-15-18)31-11-9-30(10-12-31)22(33)13-16-5-7-32(34)8-6-16/h3-8,14-15,25H,1-2,9-13H2/t25-/m0/s1. The Morgan fingerprint density at radius 3 is 2.59 bits per heavy atom. The van der Waals surface area contributed by atoms with Crippen molar-refractivity contribution in [1.82, 2.24) is 14.8 Å². The normalized spacial score (nSPS) is 18.2. The maximum atomic E-state index is 12.9. The van der Waals surface area contributed by atoms with E-state index in [0.717, 1.165) is 57.5 Å². The molecule has 0 bridgehead atoms. The van der Waals surface area contributed by atoms with Gasteiger partial charge in [0.15, 0.2) is 12.4 Å². The molecule has 34 heavy (non-hydrogen) atoms. The summed E-state index contributed by atoms with van der Waals surface area (Å²) in [6, 6.07) is 9.42. The summed E-state index contributed by atoms with van der Waals surface area (Å²) in [5.74, 6) is 0.0712. The number of nitrogens with zero attached hydrogens (tertiary/aromatic N) is 4. The molecule has 2 aliphatic rings. The Morgan fingerprint density at radius 2 is 1.85 bits per heavy atom. The van der Waals surface area contributed by atoms with Gasteiger partial charge in [-0.1, -0.05) is 29.3 Å². The molecule has 0 saturated carbocycles. The van der Waals surface area contributed by atoms with E-state index in [1.54, 1.807) is 12.1 Å². The molecule has 6 nitrogen and oxygen atoms in total. The summed E-state index contributed by atoms with van der Waals surface area (Å²) in [7, 11) is 0. The van der Waals surface area contributed by atoms with Crippen molar-refractivity contribution in [3.63, 3.8) is 0 Å². The van der Waals surface area contributed by atoms with E-state index >= 15 is 0 Å². The van der Waals surface area contributed by atoms with E-state index in [-0.39, 0.29) is 11.9 Å². The molecule has 0 spiro atoms. The van der Waals surface area contributed by atoms with E-state index in [2.05, 4.69) is 33.0 Å². The molecule has 0 unspecified atom stereocenters. The fourth-order valence-corrected chi connectivity index (χ4v) is 5.73. The summed E-state index contributed by atoms with van der Waals surface area (Å²) < 4.78 is 1.68. The lowest BCUT2D eigenvalue weighted by atomic mass is 9.96. The molecule has 1 aromatic carbocycles. The Morgan fingerprint density at radius 1 is 1.12 bits per heavy atom. The molecule has 1 saturated heterocycles. The van der Waals surface area contributed by atoms with Crippen LogP contribution in [-0.4, -0.2) is 46.9 Å². The first-order valence-corrected chi connectivity index (χ1v) is 12.8. The molecule has 1 amide bonds. The summed E-state index contributed by atoms with van der Waals surface area (Å²) in [5, 5.41) is 12.4. The summed E-state index contributed by atoms with van der Waals surface area (Å²) in [5.41, 5.74) is 5.29. The Balaban J connectivity index is 1.39. The Bertz CT molecular complexity index is 1230. The van der Waals surface area contributed by atoms with Crippen LogP contribution in [0.1, 0.15) is 34.0 Å².